The summed E-state index contributed by atoms with van der Waals surface area (Å²) in [5, 5.41) is 0.691. The molecule has 7 nitrogen and oxygen atoms in total. The van der Waals surface area contributed by atoms with E-state index in [1.54, 1.807) is 29.2 Å². The van der Waals surface area contributed by atoms with Crippen LogP contribution in [0.1, 0.15) is 57.8 Å². The Hall–Kier alpha value is -3.07. The molecule has 2 atom stereocenters. The molecule has 0 N–H and O–H groups in total. The summed E-state index contributed by atoms with van der Waals surface area (Å²) in [6, 6.07) is 21.4. The summed E-state index contributed by atoms with van der Waals surface area (Å²) in [6.07, 6.45) is 8.56. The molecule has 0 spiro atoms. The Balaban J connectivity index is 1.14. The molecular formula is C35H41ClN2O5S. The summed E-state index contributed by atoms with van der Waals surface area (Å²) in [6.45, 7) is 2.19. The first-order valence-electron chi connectivity index (χ1n) is 15.9. The maximum Gasteiger partial charge on any atom is 0.243 e. The van der Waals surface area contributed by atoms with Crippen LogP contribution >= 0.6 is 11.6 Å². The molecule has 2 aliphatic heterocycles. The number of benzene rings is 3. The van der Waals surface area contributed by atoms with Crippen molar-refractivity contribution < 1.29 is 22.7 Å². The summed E-state index contributed by atoms with van der Waals surface area (Å²) >= 11 is 6.03. The Labute approximate surface area is 266 Å². The quantitative estimate of drug-likeness (QED) is 0.249. The number of ether oxygens (including phenoxy) is 2. The highest BCUT2D eigenvalue weighted by atomic mass is 35.5. The Morgan fingerprint density at radius 3 is 2.02 bits per heavy atom. The highest BCUT2D eigenvalue weighted by molar-refractivity contribution is 7.89. The minimum absolute atomic E-state index is 0.134. The van der Waals surface area contributed by atoms with Gasteiger partial charge in [0.1, 0.15) is 23.6 Å². The molecule has 3 fully saturated rings. The zero-order chi connectivity index (χ0) is 30.5. The third-order valence-corrected chi connectivity index (χ3v) is 11.4. The van der Waals surface area contributed by atoms with Crippen LogP contribution in [0.4, 0.5) is 0 Å². The molecule has 3 aromatic carbocycles. The van der Waals surface area contributed by atoms with Crippen LogP contribution in [0.3, 0.4) is 0 Å². The fourth-order valence-corrected chi connectivity index (χ4v) is 8.38. The first-order valence-corrected chi connectivity index (χ1v) is 17.7. The van der Waals surface area contributed by atoms with Crippen LogP contribution in [0.15, 0.2) is 77.7 Å². The van der Waals surface area contributed by atoms with Crippen molar-refractivity contribution in [3.8, 4) is 22.6 Å². The van der Waals surface area contributed by atoms with E-state index in [1.807, 2.05) is 48.5 Å². The standard InChI is InChI=1S/C35H41ClN2O5S/c36-29-12-8-27(9-13-29)28-10-14-31(15-11-28)43-32-20-23-38(34(24-32)35(39)37-21-4-5-22-37)44(40,41)33-18-16-30(17-19-33)42-25-26-6-2-1-3-7-26/h8-19,26,32,34H,1-7,20-25H2/t32-,34-/m0/s1. The number of carbonyl (C=O) groups excluding carboxylic acids is 1. The highest BCUT2D eigenvalue weighted by Crippen LogP contribution is 2.32. The molecule has 0 aromatic heterocycles. The average molecular weight is 637 g/mol. The van der Waals surface area contributed by atoms with Gasteiger partial charge in [-0.25, -0.2) is 8.42 Å². The molecule has 1 amide bonds. The van der Waals surface area contributed by atoms with Crippen molar-refractivity contribution in [3.63, 3.8) is 0 Å². The average Bonchev–Trinajstić information content (AvgIpc) is 3.60. The predicted octanol–water partition coefficient (Wildman–Crippen LogP) is 7.19. The van der Waals surface area contributed by atoms with Gasteiger partial charge in [0, 0.05) is 31.1 Å². The van der Waals surface area contributed by atoms with Crippen LogP contribution < -0.4 is 9.47 Å². The number of piperidine rings is 1. The highest BCUT2D eigenvalue weighted by Gasteiger charge is 2.43. The topological polar surface area (TPSA) is 76.1 Å². The molecule has 44 heavy (non-hydrogen) atoms. The fourth-order valence-electron chi connectivity index (χ4n) is 6.65. The Morgan fingerprint density at radius 1 is 0.750 bits per heavy atom. The maximum atomic E-state index is 14.0. The summed E-state index contributed by atoms with van der Waals surface area (Å²) in [5.74, 6) is 1.80. The fraction of sp³-hybridized carbons (Fsp3) is 0.457. The second-order valence-corrected chi connectivity index (χ2v) is 14.6. The minimum Gasteiger partial charge on any atom is -0.493 e. The van der Waals surface area contributed by atoms with Gasteiger partial charge in [-0.05, 0) is 97.7 Å². The zero-order valence-corrected chi connectivity index (χ0v) is 26.6. The first-order chi connectivity index (χ1) is 21.4. The van der Waals surface area contributed by atoms with Crippen molar-refractivity contribution in [1.29, 1.82) is 0 Å². The third kappa shape index (κ3) is 7.24. The number of sulfonamides is 1. The largest absolute Gasteiger partial charge is 0.493 e. The van der Waals surface area contributed by atoms with Crippen LogP contribution in [-0.2, 0) is 14.8 Å². The van der Waals surface area contributed by atoms with E-state index in [1.165, 1.54) is 36.4 Å². The molecule has 2 heterocycles. The Kier molecular flexibility index (Phi) is 9.79. The van der Waals surface area contributed by atoms with E-state index in [4.69, 9.17) is 21.1 Å². The lowest BCUT2D eigenvalue weighted by Gasteiger charge is -2.39. The van der Waals surface area contributed by atoms with Gasteiger partial charge in [0.05, 0.1) is 11.5 Å². The lowest BCUT2D eigenvalue weighted by Crippen LogP contribution is -2.55. The van der Waals surface area contributed by atoms with E-state index in [0.29, 0.717) is 55.0 Å². The zero-order valence-electron chi connectivity index (χ0n) is 25.1. The summed E-state index contributed by atoms with van der Waals surface area (Å²) < 4.78 is 41.7. The number of nitrogens with zero attached hydrogens (tertiary/aromatic N) is 2. The van der Waals surface area contributed by atoms with Gasteiger partial charge < -0.3 is 14.4 Å². The van der Waals surface area contributed by atoms with Crippen molar-refractivity contribution in [3.05, 3.63) is 77.8 Å². The molecular weight excluding hydrogens is 596 g/mol. The van der Waals surface area contributed by atoms with Crippen LogP contribution in [0.25, 0.3) is 11.1 Å². The van der Waals surface area contributed by atoms with E-state index in [0.717, 1.165) is 24.0 Å². The number of rotatable bonds is 9. The molecule has 1 aliphatic carbocycles. The second kappa shape index (κ2) is 13.9. The third-order valence-electron chi connectivity index (χ3n) is 9.18. The molecule has 0 unspecified atom stereocenters. The monoisotopic (exact) mass is 636 g/mol. The van der Waals surface area contributed by atoms with Crippen molar-refractivity contribution in [2.75, 3.05) is 26.2 Å². The van der Waals surface area contributed by atoms with E-state index in [-0.39, 0.29) is 23.5 Å². The van der Waals surface area contributed by atoms with Gasteiger partial charge in [-0.3, -0.25) is 4.79 Å². The lowest BCUT2D eigenvalue weighted by molar-refractivity contribution is -0.136. The number of hydrogen-bond donors (Lipinski definition) is 0. The molecule has 234 valence electrons. The minimum atomic E-state index is -3.91. The van der Waals surface area contributed by atoms with Gasteiger partial charge in [-0.15, -0.1) is 0 Å². The van der Waals surface area contributed by atoms with E-state index in [9.17, 15) is 13.2 Å². The second-order valence-electron chi connectivity index (χ2n) is 12.2. The molecule has 3 aromatic rings. The van der Waals surface area contributed by atoms with Gasteiger partial charge in [-0.2, -0.15) is 4.31 Å². The Bertz CT molecular complexity index is 1500. The SMILES string of the molecule is O=C([C@@H]1C[C@@H](Oc2ccc(-c3ccc(Cl)cc3)cc2)CCN1S(=O)(=O)c1ccc(OCC2CCCCC2)cc1)N1CCCC1. The van der Waals surface area contributed by atoms with Crippen LogP contribution in [0.5, 0.6) is 11.5 Å². The van der Waals surface area contributed by atoms with Crippen molar-refractivity contribution >= 4 is 27.5 Å². The predicted molar refractivity (Wildman–Crippen MR) is 173 cm³/mol. The summed E-state index contributed by atoms with van der Waals surface area (Å²) in [4.78, 5) is 15.7. The van der Waals surface area contributed by atoms with E-state index >= 15 is 0 Å². The molecule has 0 radical (unpaired) electrons. The molecule has 3 aliphatic rings. The number of carbonyl (C=O) groups is 1. The lowest BCUT2D eigenvalue weighted by atomic mass is 9.90. The molecule has 1 saturated carbocycles. The smallest absolute Gasteiger partial charge is 0.243 e. The number of halogens is 1. The number of hydrogen-bond acceptors (Lipinski definition) is 5. The maximum absolute atomic E-state index is 14.0. The molecule has 0 bridgehead atoms. The van der Waals surface area contributed by atoms with Crippen molar-refractivity contribution in [1.82, 2.24) is 9.21 Å². The van der Waals surface area contributed by atoms with Gasteiger partial charge >= 0.3 is 0 Å². The molecule has 9 heteroatoms. The van der Waals surface area contributed by atoms with E-state index < -0.39 is 16.1 Å². The molecule has 2 saturated heterocycles. The van der Waals surface area contributed by atoms with Crippen LogP contribution in [0, 0.1) is 5.92 Å². The molecule has 6 rings (SSSR count). The number of amides is 1. The van der Waals surface area contributed by atoms with Gasteiger partial charge in [0.25, 0.3) is 0 Å². The first kappa shape index (κ1) is 30.9. The van der Waals surface area contributed by atoms with Crippen LogP contribution in [0.2, 0.25) is 5.02 Å². The van der Waals surface area contributed by atoms with Gasteiger partial charge in [0.15, 0.2) is 0 Å². The van der Waals surface area contributed by atoms with Crippen molar-refractivity contribution in [2.45, 2.75) is 74.8 Å². The summed E-state index contributed by atoms with van der Waals surface area (Å²) in [7, 11) is -3.91. The normalized spacial score (nSPS) is 21.7. The summed E-state index contributed by atoms with van der Waals surface area (Å²) in [5.41, 5.74) is 2.10. The number of likely N-dealkylation sites (tertiary alicyclic amines) is 1. The van der Waals surface area contributed by atoms with Gasteiger partial charge in [0.2, 0.25) is 15.9 Å². The van der Waals surface area contributed by atoms with Crippen molar-refractivity contribution in [2.24, 2.45) is 5.92 Å². The van der Waals surface area contributed by atoms with Gasteiger partial charge in [-0.1, -0.05) is 55.1 Å². The van der Waals surface area contributed by atoms with Crippen LogP contribution in [-0.4, -0.2) is 61.9 Å². The van der Waals surface area contributed by atoms with E-state index in [2.05, 4.69) is 0 Å². The Morgan fingerprint density at radius 2 is 1.36 bits per heavy atom.